The number of rotatable bonds is 6. The van der Waals surface area contributed by atoms with Crippen molar-refractivity contribution in [2.45, 2.75) is 0 Å². The minimum Gasteiger partial charge on any atom is -0.507 e. The Bertz CT molecular complexity index is 2200. The van der Waals surface area contributed by atoms with Crippen molar-refractivity contribution in [2.24, 2.45) is 0 Å². The standard InChI is InChI=1S/C37H23NO6/c39-31-22-32-30(35(25-12-6-2-7-13-25)36(43-32)26-14-8-3-9-15-26)20-29(31)37-34(24-10-4-1-5-11-24)28(21-33(40)44-37)23-16-18-27(19-17-23)38(41)42/h1-22,39H. The van der Waals surface area contributed by atoms with Gasteiger partial charge in [-0.15, -0.1) is 0 Å². The first-order valence-corrected chi connectivity index (χ1v) is 13.9. The molecular formula is C37H23NO6. The molecule has 0 fully saturated rings. The summed E-state index contributed by atoms with van der Waals surface area (Å²) in [5.41, 5.74) is 5.10. The number of nitro benzene ring substituents is 1. The number of phenolic OH excluding ortho intramolecular Hbond substituents is 1. The molecule has 1 N–H and O–H groups in total. The maximum Gasteiger partial charge on any atom is 0.336 e. The fourth-order valence-corrected chi connectivity index (χ4v) is 5.56. The average Bonchev–Trinajstić information content (AvgIpc) is 3.43. The number of nitro groups is 1. The fourth-order valence-electron chi connectivity index (χ4n) is 5.56. The predicted molar refractivity (Wildman–Crippen MR) is 170 cm³/mol. The molecule has 0 aliphatic carbocycles. The monoisotopic (exact) mass is 577 g/mol. The first-order chi connectivity index (χ1) is 21.5. The Hall–Kier alpha value is -6.21. The van der Waals surface area contributed by atoms with Crippen LogP contribution >= 0.6 is 0 Å². The van der Waals surface area contributed by atoms with Crippen LogP contribution in [-0.4, -0.2) is 10.0 Å². The second-order valence-electron chi connectivity index (χ2n) is 10.3. The lowest BCUT2D eigenvalue weighted by Gasteiger charge is -2.15. The number of aromatic hydroxyl groups is 1. The van der Waals surface area contributed by atoms with Gasteiger partial charge in [0.2, 0.25) is 0 Å². The van der Waals surface area contributed by atoms with Crippen LogP contribution in [0.5, 0.6) is 5.75 Å². The normalized spacial score (nSPS) is 11.1. The summed E-state index contributed by atoms with van der Waals surface area (Å²) in [4.78, 5) is 23.9. The van der Waals surface area contributed by atoms with Crippen molar-refractivity contribution in [3.8, 4) is 61.8 Å². The number of hydrogen-bond acceptors (Lipinski definition) is 6. The molecule has 44 heavy (non-hydrogen) atoms. The van der Waals surface area contributed by atoms with Crippen molar-refractivity contribution >= 4 is 16.7 Å². The quantitative estimate of drug-likeness (QED) is 0.156. The van der Waals surface area contributed by atoms with E-state index in [0.29, 0.717) is 33.6 Å². The van der Waals surface area contributed by atoms with E-state index in [1.54, 1.807) is 18.2 Å². The third kappa shape index (κ3) is 4.72. The summed E-state index contributed by atoms with van der Waals surface area (Å²) in [6.45, 7) is 0. The Labute approximate surface area is 251 Å². The van der Waals surface area contributed by atoms with E-state index in [2.05, 4.69) is 0 Å². The summed E-state index contributed by atoms with van der Waals surface area (Å²) in [5, 5.41) is 23.5. The van der Waals surface area contributed by atoms with Gasteiger partial charge < -0.3 is 13.9 Å². The number of non-ortho nitro benzene ring substituents is 1. The summed E-state index contributed by atoms with van der Waals surface area (Å²) in [7, 11) is 0. The number of hydrogen-bond donors (Lipinski definition) is 1. The van der Waals surface area contributed by atoms with Crippen LogP contribution in [0.4, 0.5) is 5.69 Å². The minimum atomic E-state index is -0.631. The highest BCUT2D eigenvalue weighted by Gasteiger charge is 2.25. The first-order valence-electron chi connectivity index (χ1n) is 13.9. The van der Waals surface area contributed by atoms with Crippen LogP contribution < -0.4 is 5.63 Å². The highest BCUT2D eigenvalue weighted by Crippen LogP contribution is 2.47. The molecule has 0 saturated heterocycles. The molecule has 0 saturated carbocycles. The summed E-state index contributed by atoms with van der Waals surface area (Å²) in [6.07, 6.45) is 0. The van der Waals surface area contributed by atoms with Gasteiger partial charge in [-0.05, 0) is 34.9 Å². The lowest BCUT2D eigenvalue weighted by molar-refractivity contribution is -0.384. The van der Waals surface area contributed by atoms with E-state index in [1.807, 2.05) is 91.0 Å². The summed E-state index contributed by atoms with van der Waals surface area (Å²) >= 11 is 0. The summed E-state index contributed by atoms with van der Waals surface area (Å²) in [6, 6.07) is 39.6. The van der Waals surface area contributed by atoms with Crippen molar-refractivity contribution < 1.29 is 18.9 Å². The van der Waals surface area contributed by atoms with E-state index in [9.17, 15) is 20.0 Å². The van der Waals surface area contributed by atoms with Crippen LogP contribution in [-0.2, 0) is 0 Å². The van der Waals surface area contributed by atoms with Crippen LogP contribution in [0.15, 0.2) is 147 Å². The molecule has 0 unspecified atom stereocenters. The van der Waals surface area contributed by atoms with Gasteiger partial charge in [0.25, 0.3) is 5.69 Å². The van der Waals surface area contributed by atoms with E-state index < -0.39 is 10.5 Å². The Balaban J connectivity index is 1.53. The Morgan fingerprint density at radius 3 is 1.73 bits per heavy atom. The lowest BCUT2D eigenvalue weighted by atomic mass is 9.91. The number of furan rings is 1. The molecule has 7 rings (SSSR count). The van der Waals surface area contributed by atoms with Crippen molar-refractivity contribution in [3.63, 3.8) is 0 Å². The molecule has 7 heteroatoms. The van der Waals surface area contributed by atoms with Gasteiger partial charge in [0, 0.05) is 51.9 Å². The molecule has 212 valence electrons. The van der Waals surface area contributed by atoms with E-state index in [-0.39, 0.29) is 17.2 Å². The second kappa shape index (κ2) is 10.9. The van der Waals surface area contributed by atoms with Gasteiger partial charge >= 0.3 is 5.63 Å². The molecule has 5 aromatic carbocycles. The molecule has 0 aliphatic heterocycles. The third-order valence-corrected chi connectivity index (χ3v) is 7.56. The Morgan fingerprint density at radius 1 is 0.568 bits per heavy atom. The van der Waals surface area contributed by atoms with E-state index in [1.165, 1.54) is 24.3 Å². The van der Waals surface area contributed by atoms with Gasteiger partial charge in [-0.2, -0.15) is 0 Å². The van der Waals surface area contributed by atoms with Crippen LogP contribution in [0.2, 0.25) is 0 Å². The molecule has 0 atom stereocenters. The zero-order valence-electron chi connectivity index (χ0n) is 23.1. The van der Waals surface area contributed by atoms with Crippen LogP contribution in [0, 0.1) is 10.1 Å². The number of fused-ring (bicyclic) bond motifs is 1. The van der Waals surface area contributed by atoms with Gasteiger partial charge in [0.05, 0.1) is 10.5 Å². The largest absolute Gasteiger partial charge is 0.507 e. The summed E-state index contributed by atoms with van der Waals surface area (Å²) < 4.78 is 12.3. The van der Waals surface area contributed by atoms with E-state index in [4.69, 9.17) is 8.83 Å². The molecule has 7 aromatic rings. The van der Waals surface area contributed by atoms with Crippen LogP contribution in [0.25, 0.3) is 67.0 Å². The fraction of sp³-hybridized carbons (Fsp3) is 0. The molecule has 0 radical (unpaired) electrons. The lowest BCUT2D eigenvalue weighted by Crippen LogP contribution is -2.02. The number of benzene rings is 5. The zero-order valence-corrected chi connectivity index (χ0v) is 23.1. The van der Waals surface area contributed by atoms with Crippen molar-refractivity contribution in [3.05, 3.63) is 154 Å². The smallest absolute Gasteiger partial charge is 0.336 e. The van der Waals surface area contributed by atoms with Gasteiger partial charge in [0.15, 0.2) is 5.76 Å². The first kappa shape index (κ1) is 26.7. The highest BCUT2D eigenvalue weighted by atomic mass is 16.6. The van der Waals surface area contributed by atoms with Crippen molar-refractivity contribution in [1.82, 2.24) is 0 Å². The maximum absolute atomic E-state index is 13.1. The molecule has 2 aromatic heterocycles. The van der Waals surface area contributed by atoms with E-state index in [0.717, 1.165) is 27.6 Å². The van der Waals surface area contributed by atoms with E-state index >= 15 is 0 Å². The second-order valence-corrected chi connectivity index (χ2v) is 10.3. The van der Waals surface area contributed by atoms with Crippen LogP contribution in [0.3, 0.4) is 0 Å². The molecule has 7 nitrogen and oxygen atoms in total. The molecule has 0 aliphatic rings. The SMILES string of the molecule is O=c1cc(-c2ccc([N+](=O)[O-])cc2)c(-c2ccccc2)c(-c2cc3c(-c4ccccc4)c(-c4ccccc4)oc3cc2O)o1. The Kier molecular flexibility index (Phi) is 6.60. The van der Waals surface area contributed by atoms with Gasteiger partial charge in [-0.3, -0.25) is 10.1 Å². The number of nitrogens with zero attached hydrogens (tertiary/aromatic N) is 1. The van der Waals surface area contributed by atoms with Gasteiger partial charge in [-0.25, -0.2) is 4.79 Å². The highest BCUT2D eigenvalue weighted by molar-refractivity contribution is 6.05. The van der Waals surface area contributed by atoms with Gasteiger partial charge in [0.1, 0.15) is 17.1 Å². The summed E-state index contributed by atoms with van der Waals surface area (Å²) in [5.74, 6) is 0.678. The Morgan fingerprint density at radius 2 is 1.14 bits per heavy atom. The molecular weight excluding hydrogens is 554 g/mol. The van der Waals surface area contributed by atoms with Crippen molar-refractivity contribution in [1.29, 1.82) is 0 Å². The van der Waals surface area contributed by atoms with Crippen molar-refractivity contribution in [2.75, 3.05) is 0 Å². The zero-order chi connectivity index (χ0) is 30.2. The van der Waals surface area contributed by atoms with Crippen LogP contribution in [0.1, 0.15) is 0 Å². The predicted octanol–water partition coefficient (Wildman–Crippen LogP) is 9.33. The average molecular weight is 578 g/mol. The molecule has 0 amide bonds. The molecule has 2 heterocycles. The topological polar surface area (TPSA) is 107 Å². The van der Waals surface area contributed by atoms with Gasteiger partial charge in [-0.1, -0.05) is 91.0 Å². The number of phenols is 1. The minimum absolute atomic E-state index is 0.0658. The molecule has 0 spiro atoms. The maximum atomic E-state index is 13.1. The third-order valence-electron chi connectivity index (χ3n) is 7.56. The molecule has 0 bridgehead atoms.